The maximum absolute atomic E-state index is 8.61. The molecule has 0 amide bonds. The van der Waals surface area contributed by atoms with Crippen LogP contribution in [-0.4, -0.2) is 34.6 Å². The van der Waals surface area contributed by atoms with Gasteiger partial charge >= 0.3 is 0 Å². The summed E-state index contributed by atoms with van der Waals surface area (Å²) in [5, 5.41) is 11.8. The van der Waals surface area contributed by atoms with E-state index >= 15 is 0 Å². The Morgan fingerprint density at radius 1 is 1.33 bits per heavy atom. The quantitative estimate of drug-likeness (QED) is 0.816. The van der Waals surface area contributed by atoms with Gasteiger partial charge in [-0.05, 0) is 24.9 Å². The van der Waals surface area contributed by atoms with E-state index in [1.54, 1.807) is 0 Å². The number of halogens is 1. The van der Waals surface area contributed by atoms with Crippen LogP contribution >= 0.6 is 11.6 Å². The fraction of sp³-hybridized carbons (Fsp3) is 0.636. The Hall–Kier alpha value is -1.61. The van der Waals surface area contributed by atoms with Crippen molar-refractivity contribution >= 4 is 23.5 Å². The molecule has 0 aliphatic heterocycles. The van der Waals surface area contributed by atoms with E-state index in [9.17, 15) is 0 Å². The first-order valence-electron chi connectivity index (χ1n) is 5.98. The van der Waals surface area contributed by atoms with E-state index in [-0.39, 0.29) is 5.28 Å². The van der Waals surface area contributed by atoms with Crippen molar-refractivity contribution in [2.45, 2.75) is 26.7 Å². The first-order valence-corrected chi connectivity index (χ1v) is 6.36. The third-order valence-electron chi connectivity index (χ3n) is 2.29. The van der Waals surface area contributed by atoms with Gasteiger partial charge in [-0.2, -0.15) is 20.2 Å². The molecule has 1 rings (SSSR count). The minimum absolute atomic E-state index is 0.161. The zero-order chi connectivity index (χ0) is 13.4. The second-order valence-corrected chi connectivity index (χ2v) is 3.98. The van der Waals surface area contributed by atoms with Crippen LogP contribution in [0.5, 0.6) is 0 Å². The van der Waals surface area contributed by atoms with Crippen LogP contribution in [0.3, 0.4) is 0 Å². The van der Waals surface area contributed by atoms with Crippen molar-refractivity contribution in [1.29, 1.82) is 5.26 Å². The van der Waals surface area contributed by atoms with Crippen LogP contribution in [0, 0.1) is 11.3 Å². The summed E-state index contributed by atoms with van der Waals surface area (Å²) in [5.74, 6) is 0.980. The molecule has 1 aromatic heterocycles. The van der Waals surface area contributed by atoms with Gasteiger partial charge in [-0.1, -0.05) is 6.92 Å². The van der Waals surface area contributed by atoms with Crippen molar-refractivity contribution in [3.8, 4) is 6.07 Å². The predicted octanol–water partition coefficient (Wildman–Crippen LogP) is 2.09. The molecular weight excluding hydrogens is 252 g/mol. The normalized spacial score (nSPS) is 9.89. The lowest BCUT2D eigenvalue weighted by atomic mass is 10.4. The highest BCUT2D eigenvalue weighted by molar-refractivity contribution is 6.28. The lowest BCUT2D eigenvalue weighted by molar-refractivity contribution is 0.782. The molecule has 1 aromatic rings. The number of hydrogen-bond donors (Lipinski definition) is 1. The Labute approximate surface area is 112 Å². The molecular formula is C11H17ClN6. The summed E-state index contributed by atoms with van der Waals surface area (Å²) in [4.78, 5) is 14.3. The number of aromatic nitrogens is 3. The van der Waals surface area contributed by atoms with E-state index < -0.39 is 0 Å². The van der Waals surface area contributed by atoms with Crippen LogP contribution in [0.25, 0.3) is 0 Å². The molecule has 7 heteroatoms. The summed E-state index contributed by atoms with van der Waals surface area (Å²) >= 11 is 5.87. The molecule has 0 bridgehead atoms. The standard InChI is InChI=1S/C11H17ClN6/c1-3-7-14-10-15-9(12)16-11(17-10)18(4-2)8-5-6-13/h3-5,7-8H2,1-2H3,(H,14,15,16,17). The number of nitrogens with zero attached hydrogens (tertiary/aromatic N) is 5. The third kappa shape index (κ3) is 4.34. The second kappa shape index (κ2) is 7.67. The van der Waals surface area contributed by atoms with Gasteiger partial charge in [-0.25, -0.2) is 0 Å². The SMILES string of the molecule is CCCNc1nc(Cl)nc(N(CC)CCC#N)n1. The van der Waals surface area contributed by atoms with Gasteiger partial charge in [0.2, 0.25) is 17.2 Å². The molecule has 6 nitrogen and oxygen atoms in total. The van der Waals surface area contributed by atoms with Gasteiger partial charge in [0.15, 0.2) is 0 Å². The summed E-state index contributed by atoms with van der Waals surface area (Å²) in [5.41, 5.74) is 0. The Kier molecular flexibility index (Phi) is 6.15. The Morgan fingerprint density at radius 2 is 2.11 bits per heavy atom. The average molecular weight is 269 g/mol. The van der Waals surface area contributed by atoms with Gasteiger partial charge in [-0.15, -0.1) is 0 Å². The van der Waals surface area contributed by atoms with Gasteiger partial charge in [0.05, 0.1) is 12.5 Å². The minimum Gasteiger partial charge on any atom is -0.354 e. The number of anilines is 2. The predicted molar refractivity (Wildman–Crippen MR) is 71.7 cm³/mol. The maximum Gasteiger partial charge on any atom is 0.231 e. The van der Waals surface area contributed by atoms with Gasteiger partial charge in [-0.3, -0.25) is 0 Å². The lowest BCUT2D eigenvalue weighted by Gasteiger charge is -2.19. The number of nitrogens with one attached hydrogen (secondary N) is 1. The van der Waals surface area contributed by atoms with Crippen LogP contribution in [0.1, 0.15) is 26.7 Å². The third-order valence-corrected chi connectivity index (χ3v) is 2.46. The number of nitriles is 1. The van der Waals surface area contributed by atoms with Crippen LogP contribution in [0.4, 0.5) is 11.9 Å². The van der Waals surface area contributed by atoms with Crippen LogP contribution in [0.15, 0.2) is 0 Å². The van der Waals surface area contributed by atoms with Crippen molar-refractivity contribution in [3.63, 3.8) is 0 Å². The molecule has 0 saturated carbocycles. The molecule has 0 spiro atoms. The van der Waals surface area contributed by atoms with E-state index in [1.807, 2.05) is 11.8 Å². The number of hydrogen-bond acceptors (Lipinski definition) is 6. The van der Waals surface area contributed by atoms with E-state index in [2.05, 4.69) is 33.3 Å². The highest BCUT2D eigenvalue weighted by Gasteiger charge is 2.10. The molecule has 0 aliphatic carbocycles. The van der Waals surface area contributed by atoms with Crippen molar-refractivity contribution < 1.29 is 0 Å². The smallest absolute Gasteiger partial charge is 0.231 e. The molecule has 0 radical (unpaired) electrons. The Morgan fingerprint density at radius 3 is 2.72 bits per heavy atom. The molecule has 0 fully saturated rings. The van der Waals surface area contributed by atoms with Crippen molar-refractivity contribution in [3.05, 3.63) is 5.28 Å². The van der Waals surface area contributed by atoms with Crippen molar-refractivity contribution in [2.75, 3.05) is 29.9 Å². The molecule has 0 atom stereocenters. The summed E-state index contributed by atoms with van der Waals surface area (Å²) in [6, 6.07) is 2.10. The fourth-order valence-electron chi connectivity index (χ4n) is 1.38. The molecule has 98 valence electrons. The average Bonchev–Trinajstić information content (AvgIpc) is 2.37. The Balaban J connectivity index is 2.85. The number of rotatable bonds is 7. The highest BCUT2D eigenvalue weighted by Crippen LogP contribution is 2.13. The zero-order valence-electron chi connectivity index (χ0n) is 10.6. The van der Waals surface area contributed by atoms with Crippen molar-refractivity contribution in [2.24, 2.45) is 0 Å². The summed E-state index contributed by atoms with van der Waals surface area (Å²) in [6.07, 6.45) is 1.40. The zero-order valence-corrected chi connectivity index (χ0v) is 11.4. The minimum atomic E-state index is 0.161. The highest BCUT2D eigenvalue weighted by atomic mass is 35.5. The van der Waals surface area contributed by atoms with E-state index in [1.165, 1.54) is 0 Å². The maximum atomic E-state index is 8.61. The van der Waals surface area contributed by atoms with Gasteiger partial charge in [0, 0.05) is 19.6 Å². The van der Waals surface area contributed by atoms with Gasteiger partial charge in [0.25, 0.3) is 0 Å². The summed E-state index contributed by atoms with van der Waals surface area (Å²) in [6.45, 7) is 6.12. The molecule has 0 saturated heterocycles. The molecule has 0 aliphatic rings. The van der Waals surface area contributed by atoms with E-state index in [4.69, 9.17) is 16.9 Å². The lowest BCUT2D eigenvalue weighted by Crippen LogP contribution is -2.26. The molecule has 18 heavy (non-hydrogen) atoms. The Bertz CT molecular complexity index is 416. The van der Waals surface area contributed by atoms with Crippen LogP contribution in [0.2, 0.25) is 5.28 Å². The van der Waals surface area contributed by atoms with Gasteiger partial charge in [0.1, 0.15) is 0 Å². The largest absolute Gasteiger partial charge is 0.354 e. The van der Waals surface area contributed by atoms with Gasteiger partial charge < -0.3 is 10.2 Å². The second-order valence-electron chi connectivity index (χ2n) is 3.64. The first kappa shape index (κ1) is 14.5. The molecule has 0 unspecified atom stereocenters. The molecule has 0 aromatic carbocycles. The van der Waals surface area contributed by atoms with E-state index in [0.29, 0.717) is 24.9 Å². The fourth-order valence-corrected chi connectivity index (χ4v) is 1.54. The molecule has 1 N–H and O–H groups in total. The summed E-state index contributed by atoms with van der Waals surface area (Å²) < 4.78 is 0. The topological polar surface area (TPSA) is 77.7 Å². The van der Waals surface area contributed by atoms with Crippen LogP contribution < -0.4 is 10.2 Å². The van der Waals surface area contributed by atoms with E-state index in [0.717, 1.165) is 19.5 Å². The van der Waals surface area contributed by atoms with Crippen LogP contribution in [-0.2, 0) is 0 Å². The van der Waals surface area contributed by atoms with Crippen molar-refractivity contribution in [1.82, 2.24) is 15.0 Å². The summed E-state index contributed by atoms with van der Waals surface area (Å²) in [7, 11) is 0. The first-order chi connectivity index (χ1) is 8.71. The monoisotopic (exact) mass is 268 g/mol. The molecule has 1 heterocycles.